The van der Waals surface area contributed by atoms with E-state index < -0.39 is 0 Å². The predicted molar refractivity (Wildman–Crippen MR) is 82.3 cm³/mol. The normalized spacial score (nSPS) is 28.8. The fourth-order valence-electron chi connectivity index (χ4n) is 3.45. The van der Waals surface area contributed by atoms with Crippen molar-refractivity contribution in [2.24, 2.45) is 11.7 Å². The number of likely N-dealkylation sites (tertiary alicyclic amines) is 1. The molecule has 2 N–H and O–H groups in total. The molecule has 0 aromatic heterocycles. The number of hydrogen-bond acceptors (Lipinski definition) is 3. The third kappa shape index (κ3) is 4.38. The quantitative estimate of drug-likeness (QED) is 0.790. The number of fused-ring (bicyclic) bond motifs is 1. The van der Waals surface area contributed by atoms with Crippen LogP contribution < -0.4 is 5.73 Å². The van der Waals surface area contributed by atoms with Crippen molar-refractivity contribution in [3.63, 3.8) is 0 Å². The Hall–Kier alpha value is -0.220. The Kier molecular flexibility index (Phi) is 6.02. The first-order valence-corrected chi connectivity index (χ1v) is 8.96. The largest absolute Gasteiger partial charge is 0.339 e. The minimum Gasteiger partial charge on any atom is -0.339 e. The molecule has 2 fully saturated rings. The lowest BCUT2D eigenvalue weighted by atomic mass is 9.78. The second-order valence-corrected chi connectivity index (χ2v) is 7.26. The highest BCUT2D eigenvalue weighted by Crippen LogP contribution is 2.35. The van der Waals surface area contributed by atoms with Gasteiger partial charge >= 0.3 is 0 Å². The van der Waals surface area contributed by atoms with E-state index in [1.54, 1.807) is 11.8 Å². The van der Waals surface area contributed by atoms with Crippen LogP contribution in [0, 0.1) is 5.92 Å². The van der Waals surface area contributed by atoms with E-state index in [1.807, 2.05) is 6.92 Å². The van der Waals surface area contributed by atoms with Crippen molar-refractivity contribution in [1.82, 2.24) is 4.90 Å². The molecule has 3 unspecified atom stereocenters. The third-order valence-corrected chi connectivity index (χ3v) is 5.48. The summed E-state index contributed by atoms with van der Waals surface area (Å²) in [6.07, 6.45) is 8.80. The zero-order valence-electron chi connectivity index (χ0n) is 12.1. The standard InChI is InChI=1S/C15H28N2OS/c1-12(16)8-10-19-11-15(18)17-9-4-6-13-5-2-3-7-14(13)17/h12-14H,2-11,16H2,1H3. The van der Waals surface area contributed by atoms with Crippen LogP contribution in [0.3, 0.4) is 0 Å². The van der Waals surface area contributed by atoms with Gasteiger partial charge in [-0.15, -0.1) is 0 Å². The van der Waals surface area contributed by atoms with Crippen LogP contribution in [0.5, 0.6) is 0 Å². The van der Waals surface area contributed by atoms with E-state index in [2.05, 4.69) is 4.90 Å². The monoisotopic (exact) mass is 284 g/mol. The maximum Gasteiger partial charge on any atom is 0.232 e. The van der Waals surface area contributed by atoms with Gasteiger partial charge in [-0.05, 0) is 50.7 Å². The van der Waals surface area contributed by atoms with Crippen molar-refractivity contribution in [2.45, 2.75) is 64.0 Å². The lowest BCUT2D eigenvalue weighted by Gasteiger charge is -2.44. The fraction of sp³-hybridized carbons (Fsp3) is 0.933. The van der Waals surface area contributed by atoms with Gasteiger partial charge in [0.1, 0.15) is 0 Å². The van der Waals surface area contributed by atoms with E-state index in [1.165, 1.54) is 38.5 Å². The average molecular weight is 284 g/mol. The van der Waals surface area contributed by atoms with Crippen molar-refractivity contribution in [3.8, 4) is 0 Å². The van der Waals surface area contributed by atoms with Gasteiger partial charge in [0.05, 0.1) is 5.75 Å². The highest BCUT2D eigenvalue weighted by Gasteiger charge is 2.35. The van der Waals surface area contributed by atoms with Crippen molar-refractivity contribution >= 4 is 17.7 Å². The van der Waals surface area contributed by atoms with Gasteiger partial charge in [0.2, 0.25) is 5.91 Å². The summed E-state index contributed by atoms with van der Waals surface area (Å²) in [6, 6.07) is 0.810. The number of piperidine rings is 1. The molecule has 4 heteroatoms. The summed E-state index contributed by atoms with van der Waals surface area (Å²) in [5.74, 6) is 2.81. The number of hydrogen-bond donors (Lipinski definition) is 1. The number of carbonyl (C=O) groups is 1. The van der Waals surface area contributed by atoms with Gasteiger partial charge in [-0.25, -0.2) is 0 Å². The zero-order chi connectivity index (χ0) is 13.7. The molecule has 2 aliphatic rings. The molecule has 1 heterocycles. The van der Waals surface area contributed by atoms with Gasteiger partial charge in [0.15, 0.2) is 0 Å². The molecule has 2 rings (SSSR count). The van der Waals surface area contributed by atoms with E-state index in [0.29, 0.717) is 17.7 Å². The van der Waals surface area contributed by atoms with Crippen LogP contribution in [-0.4, -0.2) is 40.9 Å². The molecule has 1 aliphatic heterocycles. The van der Waals surface area contributed by atoms with E-state index in [4.69, 9.17) is 5.73 Å². The number of rotatable bonds is 5. The molecule has 1 saturated carbocycles. The summed E-state index contributed by atoms with van der Waals surface area (Å²) in [5.41, 5.74) is 5.73. The van der Waals surface area contributed by atoms with Crippen LogP contribution in [0.2, 0.25) is 0 Å². The number of carbonyl (C=O) groups excluding carboxylic acids is 1. The smallest absolute Gasteiger partial charge is 0.232 e. The second-order valence-electron chi connectivity index (χ2n) is 6.16. The molecule has 0 spiro atoms. The molecule has 1 amide bonds. The third-order valence-electron chi connectivity index (χ3n) is 4.51. The first kappa shape index (κ1) is 15.2. The summed E-state index contributed by atoms with van der Waals surface area (Å²) in [5, 5.41) is 0. The Labute approximate surface area is 121 Å². The molecular weight excluding hydrogens is 256 g/mol. The van der Waals surface area contributed by atoms with Crippen LogP contribution >= 0.6 is 11.8 Å². The minimum absolute atomic E-state index is 0.250. The molecule has 1 saturated heterocycles. The van der Waals surface area contributed by atoms with Crippen LogP contribution in [0.1, 0.15) is 51.9 Å². The van der Waals surface area contributed by atoms with Crippen molar-refractivity contribution in [3.05, 3.63) is 0 Å². The van der Waals surface area contributed by atoms with Crippen LogP contribution in [-0.2, 0) is 4.79 Å². The Morgan fingerprint density at radius 3 is 2.84 bits per heavy atom. The van der Waals surface area contributed by atoms with E-state index in [0.717, 1.165) is 24.6 Å². The van der Waals surface area contributed by atoms with Crippen LogP contribution in [0.25, 0.3) is 0 Å². The lowest BCUT2D eigenvalue weighted by molar-refractivity contribution is -0.134. The molecule has 19 heavy (non-hydrogen) atoms. The fourth-order valence-corrected chi connectivity index (χ4v) is 4.47. The molecule has 0 bridgehead atoms. The topological polar surface area (TPSA) is 46.3 Å². The first-order chi connectivity index (χ1) is 9.18. The summed E-state index contributed by atoms with van der Waals surface area (Å²) < 4.78 is 0. The number of nitrogens with two attached hydrogens (primary N) is 1. The second kappa shape index (κ2) is 7.53. The average Bonchev–Trinajstić information content (AvgIpc) is 2.42. The number of thioether (sulfide) groups is 1. The van der Waals surface area contributed by atoms with Crippen LogP contribution in [0.15, 0.2) is 0 Å². The molecule has 0 aromatic rings. The van der Waals surface area contributed by atoms with E-state index in [9.17, 15) is 4.79 Å². The van der Waals surface area contributed by atoms with Crippen molar-refractivity contribution in [2.75, 3.05) is 18.1 Å². The summed E-state index contributed by atoms with van der Waals surface area (Å²) in [4.78, 5) is 14.6. The Morgan fingerprint density at radius 1 is 1.32 bits per heavy atom. The molecule has 1 aliphatic carbocycles. The number of amides is 1. The van der Waals surface area contributed by atoms with E-state index >= 15 is 0 Å². The van der Waals surface area contributed by atoms with Gasteiger partial charge in [0, 0.05) is 18.6 Å². The predicted octanol–water partition coefficient (Wildman–Crippen LogP) is 2.64. The van der Waals surface area contributed by atoms with Crippen molar-refractivity contribution in [1.29, 1.82) is 0 Å². The molecule has 3 atom stereocenters. The molecule has 110 valence electrons. The van der Waals surface area contributed by atoms with E-state index in [-0.39, 0.29) is 6.04 Å². The Balaban J connectivity index is 1.77. The van der Waals surface area contributed by atoms with Gasteiger partial charge in [-0.2, -0.15) is 11.8 Å². The summed E-state index contributed by atoms with van der Waals surface area (Å²) >= 11 is 1.75. The highest BCUT2D eigenvalue weighted by molar-refractivity contribution is 7.99. The Bertz CT molecular complexity index is 294. The van der Waals surface area contributed by atoms with Gasteiger partial charge < -0.3 is 10.6 Å². The van der Waals surface area contributed by atoms with Crippen molar-refractivity contribution < 1.29 is 4.79 Å². The SMILES string of the molecule is CC(N)CCSCC(=O)N1CCCC2CCCCC21. The maximum absolute atomic E-state index is 12.4. The number of nitrogens with zero attached hydrogens (tertiary/aromatic N) is 1. The summed E-state index contributed by atoms with van der Waals surface area (Å²) in [6.45, 7) is 3.02. The molecular formula is C15H28N2OS. The van der Waals surface area contributed by atoms with Gasteiger partial charge in [0.25, 0.3) is 0 Å². The zero-order valence-corrected chi connectivity index (χ0v) is 13.0. The highest BCUT2D eigenvalue weighted by atomic mass is 32.2. The molecule has 3 nitrogen and oxygen atoms in total. The Morgan fingerprint density at radius 2 is 2.05 bits per heavy atom. The molecule has 0 radical (unpaired) electrons. The first-order valence-electron chi connectivity index (χ1n) is 7.81. The minimum atomic E-state index is 0.250. The molecule has 0 aromatic carbocycles. The van der Waals surface area contributed by atoms with Crippen LogP contribution in [0.4, 0.5) is 0 Å². The van der Waals surface area contributed by atoms with Gasteiger partial charge in [-0.3, -0.25) is 4.79 Å². The maximum atomic E-state index is 12.4. The van der Waals surface area contributed by atoms with Gasteiger partial charge in [-0.1, -0.05) is 12.8 Å². The lowest BCUT2D eigenvalue weighted by Crippen LogP contribution is -2.50. The summed E-state index contributed by atoms with van der Waals surface area (Å²) in [7, 11) is 0.